The predicted molar refractivity (Wildman–Crippen MR) is 168 cm³/mol. The van der Waals surface area contributed by atoms with Crippen molar-refractivity contribution in [3.63, 3.8) is 0 Å². The van der Waals surface area contributed by atoms with Gasteiger partial charge in [0.05, 0.1) is 4.92 Å². The average Bonchev–Trinajstić information content (AvgIpc) is 3.35. The number of hydrogen-bond acceptors (Lipinski definition) is 4. The highest BCUT2D eigenvalue weighted by atomic mass is 32.1. The van der Waals surface area contributed by atoms with Crippen LogP contribution in [0.2, 0.25) is 0 Å². The van der Waals surface area contributed by atoms with Gasteiger partial charge in [0.2, 0.25) is 5.52 Å². The number of rotatable bonds is 9. The SMILES string of the molecule is O=[N+]([O-])c1ccc(CN2C=CC(C/C=C/C=C/c3sc4ccccc4[n+]3Cc3ccccc3)c3ccccc32)cc1. The van der Waals surface area contributed by atoms with Gasteiger partial charge in [-0.3, -0.25) is 10.1 Å². The third-order valence-corrected chi connectivity index (χ3v) is 8.47. The van der Waals surface area contributed by atoms with Gasteiger partial charge < -0.3 is 4.90 Å². The van der Waals surface area contributed by atoms with Crippen molar-refractivity contribution in [1.29, 1.82) is 0 Å². The van der Waals surface area contributed by atoms with E-state index in [0.29, 0.717) is 6.54 Å². The molecule has 0 saturated heterocycles. The smallest absolute Gasteiger partial charge is 0.269 e. The molecule has 0 aliphatic carbocycles. The van der Waals surface area contributed by atoms with E-state index in [1.807, 2.05) is 23.5 Å². The summed E-state index contributed by atoms with van der Waals surface area (Å²) in [7, 11) is 0. The Morgan fingerprint density at radius 3 is 2.44 bits per heavy atom. The molecule has 0 radical (unpaired) electrons. The van der Waals surface area contributed by atoms with E-state index in [1.165, 1.54) is 32.0 Å². The molecule has 41 heavy (non-hydrogen) atoms. The molecule has 0 N–H and O–H groups in total. The van der Waals surface area contributed by atoms with Gasteiger partial charge in [-0.1, -0.05) is 108 Å². The molecule has 2 heterocycles. The van der Waals surface area contributed by atoms with E-state index in [4.69, 9.17) is 0 Å². The van der Waals surface area contributed by atoms with E-state index < -0.39 is 0 Å². The minimum absolute atomic E-state index is 0.114. The Labute approximate surface area is 243 Å². The molecule has 0 bridgehead atoms. The van der Waals surface area contributed by atoms with Crippen LogP contribution < -0.4 is 9.47 Å². The van der Waals surface area contributed by atoms with Crippen LogP contribution in [0.1, 0.15) is 34.0 Å². The quantitative estimate of drug-likeness (QED) is 0.0792. The highest BCUT2D eigenvalue weighted by Crippen LogP contribution is 2.36. The summed E-state index contributed by atoms with van der Waals surface area (Å²) in [5.41, 5.74) is 6.15. The maximum absolute atomic E-state index is 11.0. The first-order valence-corrected chi connectivity index (χ1v) is 14.5. The van der Waals surface area contributed by atoms with Crippen molar-refractivity contribution < 1.29 is 9.49 Å². The van der Waals surface area contributed by atoms with E-state index in [0.717, 1.165) is 18.5 Å². The lowest BCUT2D eigenvalue weighted by Gasteiger charge is -2.30. The summed E-state index contributed by atoms with van der Waals surface area (Å²) in [4.78, 5) is 12.8. The Morgan fingerprint density at radius 2 is 1.61 bits per heavy atom. The second-order valence-corrected chi connectivity index (χ2v) is 11.1. The third kappa shape index (κ3) is 6.03. The van der Waals surface area contributed by atoms with Crippen LogP contribution in [0.3, 0.4) is 0 Å². The topological polar surface area (TPSA) is 50.3 Å². The van der Waals surface area contributed by atoms with Gasteiger partial charge in [0.25, 0.3) is 10.7 Å². The van der Waals surface area contributed by atoms with Crippen LogP contribution in [0.15, 0.2) is 134 Å². The van der Waals surface area contributed by atoms with E-state index in [2.05, 4.69) is 125 Å². The fraction of sp³-hybridized carbons (Fsp3) is 0.114. The Morgan fingerprint density at radius 1 is 0.854 bits per heavy atom. The molecule has 0 fully saturated rings. The number of anilines is 1. The van der Waals surface area contributed by atoms with Gasteiger partial charge >= 0.3 is 0 Å². The Hall–Kier alpha value is -4.81. The largest absolute Gasteiger partial charge is 0.344 e. The second kappa shape index (κ2) is 12.1. The van der Waals surface area contributed by atoms with Gasteiger partial charge in [0.1, 0.15) is 4.70 Å². The van der Waals surface area contributed by atoms with Crippen LogP contribution in [-0.4, -0.2) is 4.92 Å². The van der Waals surface area contributed by atoms with Crippen molar-refractivity contribution >= 4 is 39.0 Å². The van der Waals surface area contributed by atoms with Crippen molar-refractivity contribution in [2.75, 3.05) is 4.90 Å². The molecule has 0 saturated carbocycles. The van der Waals surface area contributed by atoms with Gasteiger partial charge in [-0.15, -0.1) is 0 Å². The fourth-order valence-electron chi connectivity index (χ4n) is 5.27. The molecule has 0 amide bonds. The summed E-state index contributed by atoms with van der Waals surface area (Å²) < 4.78 is 3.67. The molecule has 6 rings (SSSR count). The zero-order valence-corrected chi connectivity index (χ0v) is 23.4. The van der Waals surface area contributed by atoms with E-state index in [9.17, 15) is 10.1 Å². The number of thiazole rings is 1. The number of nitro benzene ring substituents is 1. The van der Waals surface area contributed by atoms with E-state index in [-0.39, 0.29) is 16.5 Å². The average molecular weight is 557 g/mol. The predicted octanol–water partition coefficient (Wildman–Crippen LogP) is 8.42. The number of nitro groups is 1. The minimum atomic E-state index is -0.363. The van der Waals surface area contributed by atoms with Crippen molar-refractivity contribution in [3.8, 4) is 0 Å². The molecule has 202 valence electrons. The zero-order valence-electron chi connectivity index (χ0n) is 22.5. The minimum Gasteiger partial charge on any atom is -0.344 e. The van der Waals surface area contributed by atoms with Gasteiger partial charge in [-0.2, -0.15) is 4.57 Å². The third-order valence-electron chi connectivity index (χ3n) is 7.34. The molecule has 1 aliphatic heterocycles. The first-order chi connectivity index (χ1) is 20.2. The van der Waals surface area contributed by atoms with Gasteiger partial charge in [-0.25, -0.2) is 0 Å². The summed E-state index contributed by atoms with van der Waals surface area (Å²) in [6.07, 6.45) is 14.0. The number of hydrogen-bond donors (Lipinski definition) is 0. The lowest BCUT2D eigenvalue weighted by atomic mass is 9.91. The van der Waals surface area contributed by atoms with Crippen LogP contribution in [0, 0.1) is 10.1 Å². The number of nitrogens with zero attached hydrogens (tertiary/aromatic N) is 3. The fourth-order valence-corrected chi connectivity index (χ4v) is 6.34. The van der Waals surface area contributed by atoms with Gasteiger partial charge in [0.15, 0.2) is 6.54 Å². The first-order valence-electron chi connectivity index (χ1n) is 13.7. The summed E-state index contributed by atoms with van der Waals surface area (Å²) in [6, 6.07) is 34.5. The maximum Gasteiger partial charge on any atom is 0.269 e. The van der Waals surface area contributed by atoms with Crippen LogP contribution >= 0.6 is 11.3 Å². The molecular weight excluding hydrogens is 526 g/mol. The maximum atomic E-state index is 11.0. The molecule has 1 unspecified atom stereocenters. The molecule has 4 aromatic carbocycles. The Bertz CT molecular complexity index is 1750. The number of allylic oxidation sites excluding steroid dienone is 4. The number of aromatic nitrogens is 1. The molecular formula is C35H30N3O2S+. The lowest BCUT2D eigenvalue weighted by molar-refractivity contribution is -0.659. The monoisotopic (exact) mass is 556 g/mol. The van der Waals surface area contributed by atoms with E-state index in [1.54, 1.807) is 12.1 Å². The molecule has 1 aliphatic rings. The van der Waals surface area contributed by atoms with Crippen molar-refractivity contribution in [2.24, 2.45) is 0 Å². The van der Waals surface area contributed by atoms with Gasteiger partial charge in [0, 0.05) is 54.2 Å². The normalized spacial score (nSPS) is 14.7. The van der Waals surface area contributed by atoms with Gasteiger partial charge in [-0.05, 0) is 29.7 Å². The van der Waals surface area contributed by atoms with Crippen molar-refractivity contribution in [2.45, 2.75) is 25.4 Å². The summed E-state index contributed by atoms with van der Waals surface area (Å²) in [5, 5.41) is 12.2. The number of non-ortho nitro benzene ring substituents is 1. The Kier molecular flexibility index (Phi) is 7.83. The second-order valence-electron chi connectivity index (χ2n) is 10.1. The van der Waals surface area contributed by atoms with Crippen LogP contribution in [-0.2, 0) is 13.1 Å². The zero-order chi connectivity index (χ0) is 28.0. The van der Waals surface area contributed by atoms with Crippen LogP contribution in [0.5, 0.6) is 0 Å². The lowest BCUT2D eigenvalue weighted by Crippen LogP contribution is -2.35. The summed E-state index contributed by atoms with van der Waals surface area (Å²) in [5.74, 6) is 0.288. The summed E-state index contributed by atoms with van der Waals surface area (Å²) >= 11 is 1.82. The number of fused-ring (bicyclic) bond motifs is 2. The number of para-hydroxylation sites is 2. The Balaban J connectivity index is 1.15. The molecule has 5 aromatic rings. The highest BCUT2D eigenvalue weighted by Gasteiger charge is 2.21. The molecule has 0 spiro atoms. The van der Waals surface area contributed by atoms with Crippen LogP contribution in [0.4, 0.5) is 11.4 Å². The molecule has 1 atom stereocenters. The molecule has 6 heteroatoms. The van der Waals surface area contributed by atoms with Crippen molar-refractivity contribution in [3.05, 3.63) is 165 Å². The number of benzene rings is 4. The van der Waals surface area contributed by atoms with Crippen molar-refractivity contribution in [1.82, 2.24) is 0 Å². The summed E-state index contributed by atoms with van der Waals surface area (Å²) in [6.45, 7) is 1.50. The molecule has 1 aromatic heterocycles. The highest BCUT2D eigenvalue weighted by molar-refractivity contribution is 7.18. The van der Waals surface area contributed by atoms with Crippen LogP contribution in [0.25, 0.3) is 16.3 Å². The standard InChI is InChI=1S/C35H30N3O2S/c39-38(40)30-21-19-28(20-22-30)25-36-24-23-29(31-14-7-8-15-32(31)36)13-5-2-6-18-35-37(26-27-11-3-1-4-12-27)33-16-9-10-17-34(33)41-35/h1-12,14-24,29H,13,25-26H2/q+1/b5-2+,18-6+. The first kappa shape index (κ1) is 26.4. The molecule has 5 nitrogen and oxygen atoms in total. The van der Waals surface area contributed by atoms with E-state index >= 15 is 0 Å².